The molecule has 2 bridgehead atoms. The third-order valence-electron chi connectivity index (χ3n) is 4.93. The topological polar surface area (TPSA) is 35.5 Å². The van der Waals surface area contributed by atoms with E-state index in [0.717, 1.165) is 6.42 Å². The Balaban J connectivity index is 2.60. The van der Waals surface area contributed by atoms with Crippen LogP contribution in [-0.4, -0.2) is 32.9 Å². The van der Waals surface area contributed by atoms with E-state index in [1.807, 2.05) is 0 Å². The lowest BCUT2D eigenvalue weighted by atomic mass is 9.50. The van der Waals surface area contributed by atoms with Gasteiger partial charge in [0.05, 0.1) is 17.6 Å². The second kappa shape index (κ2) is 5.03. The SMILES string of the molecule is CO[C@H]1[C@H]2C(C)=C[C@](O[Si](C)(C)C)(CC2(C)C)[C@H]1C(C)=O. The van der Waals surface area contributed by atoms with Crippen LogP contribution in [0.25, 0.3) is 0 Å². The molecule has 3 aliphatic rings. The predicted octanol–water partition coefficient (Wildman–Crippen LogP) is 3.80. The van der Waals surface area contributed by atoms with Gasteiger partial charge in [0.25, 0.3) is 0 Å². The fraction of sp³-hybridized carbons (Fsp3) is 0.824. The zero-order valence-corrected chi connectivity index (χ0v) is 15.7. The minimum absolute atomic E-state index is 0.0763. The second-order valence-electron chi connectivity index (χ2n) is 8.49. The smallest absolute Gasteiger partial charge is 0.184 e. The van der Waals surface area contributed by atoms with Crippen molar-refractivity contribution in [1.82, 2.24) is 0 Å². The molecule has 0 aromatic rings. The summed E-state index contributed by atoms with van der Waals surface area (Å²) in [4.78, 5) is 12.4. The van der Waals surface area contributed by atoms with E-state index >= 15 is 0 Å². The van der Waals surface area contributed by atoms with Gasteiger partial charge < -0.3 is 9.16 Å². The van der Waals surface area contributed by atoms with Crippen LogP contribution in [0.15, 0.2) is 11.6 Å². The summed E-state index contributed by atoms with van der Waals surface area (Å²) in [6.07, 6.45) is 3.06. The van der Waals surface area contributed by atoms with Crippen molar-refractivity contribution >= 4 is 14.1 Å². The fourth-order valence-electron chi connectivity index (χ4n) is 4.89. The van der Waals surface area contributed by atoms with Crippen LogP contribution >= 0.6 is 0 Å². The summed E-state index contributed by atoms with van der Waals surface area (Å²) >= 11 is 0. The Bertz CT molecular complexity index is 475. The van der Waals surface area contributed by atoms with Crippen LogP contribution in [-0.2, 0) is 14.0 Å². The molecule has 1 saturated carbocycles. The highest BCUT2D eigenvalue weighted by atomic mass is 28.4. The molecule has 0 unspecified atom stereocenters. The molecule has 1 fully saturated rings. The highest BCUT2D eigenvalue weighted by molar-refractivity contribution is 6.69. The van der Waals surface area contributed by atoms with Gasteiger partial charge in [-0.1, -0.05) is 25.5 Å². The van der Waals surface area contributed by atoms with Crippen molar-refractivity contribution in [2.75, 3.05) is 7.11 Å². The standard InChI is InChI=1S/C17H30O3Si/c1-11-9-17(20-21(6,7)8)10-16(3,4)13(11)15(19-5)14(17)12(2)18/h9,13-15H,10H2,1-8H3/t13-,14+,15+,17+/m1/s1. The van der Waals surface area contributed by atoms with Gasteiger partial charge >= 0.3 is 0 Å². The number of rotatable bonds is 4. The monoisotopic (exact) mass is 310 g/mol. The average Bonchev–Trinajstić information content (AvgIpc) is 2.21. The number of hydrogen-bond donors (Lipinski definition) is 0. The van der Waals surface area contributed by atoms with Gasteiger partial charge in [0, 0.05) is 13.0 Å². The van der Waals surface area contributed by atoms with Crippen molar-refractivity contribution in [3.8, 4) is 0 Å². The first-order valence-corrected chi connectivity index (χ1v) is 11.3. The van der Waals surface area contributed by atoms with Crippen LogP contribution in [0.4, 0.5) is 0 Å². The Morgan fingerprint density at radius 1 is 1.33 bits per heavy atom. The molecule has 0 saturated heterocycles. The number of Topliss-reactive ketones (excluding diaryl/α,β-unsaturated/α-hetero) is 1. The average molecular weight is 311 g/mol. The van der Waals surface area contributed by atoms with Crippen molar-refractivity contribution in [3.63, 3.8) is 0 Å². The minimum Gasteiger partial charge on any atom is -0.408 e. The van der Waals surface area contributed by atoms with Gasteiger partial charge in [-0.05, 0) is 45.3 Å². The van der Waals surface area contributed by atoms with Gasteiger partial charge in [-0.25, -0.2) is 0 Å². The molecule has 0 heterocycles. The summed E-state index contributed by atoms with van der Waals surface area (Å²) in [6, 6.07) is 0. The first-order valence-electron chi connectivity index (χ1n) is 7.86. The third kappa shape index (κ3) is 2.78. The quantitative estimate of drug-likeness (QED) is 0.585. The van der Waals surface area contributed by atoms with Crippen LogP contribution in [0.1, 0.15) is 34.1 Å². The number of fused-ring (bicyclic) bond motifs is 2. The molecule has 120 valence electrons. The summed E-state index contributed by atoms with van der Waals surface area (Å²) in [6.45, 7) is 15.0. The lowest BCUT2D eigenvalue weighted by Gasteiger charge is -2.61. The zero-order valence-electron chi connectivity index (χ0n) is 14.7. The maximum Gasteiger partial charge on any atom is 0.184 e. The molecule has 0 amide bonds. The van der Waals surface area contributed by atoms with Gasteiger partial charge in [-0.2, -0.15) is 0 Å². The molecule has 3 aliphatic carbocycles. The van der Waals surface area contributed by atoms with Gasteiger partial charge in [-0.15, -0.1) is 0 Å². The van der Waals surface area contributed by atoms with Gasteiger partial charge in [0.2, 0.25) is 0 Å². The van der Waals surface area contributed by atoms with Crippen LogP contribution in [0.2, 0.25) is 19.6 Å². The van der Waals surface area contributed by atoms with Gasteiger partial charge in [0.15, 0.2) is 8.32 Å². The number of ether oxygens (including phenoxy) is 1. The van der Waals surface area contributed by atoms with E-state index < -0.39 is 13.9 Å². The molecule has 3 nitrogen and oxygen atoms in total. The summed E-state index contributed by atoms with van der Waals surface area (Å²) in [7, 11) is -0.0588. The van der Waals surface area contributed by atoms with Crippen LogP contribution in [0.3, 0.4) is 0 Å². The molecule has 0 spiro atoms. The van der Waals surface area contributed by atoms with Crippen LogP contribution in [0.5, 0.6) is 0 Å². The molecular weight excluding hydrogens is 280 g/mol. The van der Waals surface area contributed by atoms with Crippen molar-refractivity contribution < 1.29 is 14.0 Å². The van der Waals surface area contributed by atoms with E-state index in [1.54, 1.807) is 14.0 Å². The van der Waals surface area contributed by atoms with E-state index in [1.165, 1.54) is 5.57 Å². The molecule has 4 atom stereocenters. The largest absolute Gasteiger partial charge is 0.408 e. The van der Waals surface area contributed by atoms with Crippen molar-refractivity contribution in [2.24, 2.45) is 17.3 Å². The maximum absolute atomic E-state index is 12.4. The van der Waals surface area contributed by atoms with E-state index in [9.17, 15) is 4.79 Å². The second-order valence-corrected chi connectivity index (χ2v) is 12.9. The molecule has 0 radical (unpaired) electrons. The molecule has 0 N–H and O–H groups in total. The lowest BCUT2D eigenvalue weighted by Crippen LogP contribution is -2.66. The van der Waals surface area contributed by atoms with E-state index in [-0.39, 0.29) is 23.2 Å². The maximum atomic E-state index is 12.4. The summed E-state index contributed by atoms with van der Waals surface area (Å²) in [5.74, 6) is 0.295. The van der Waals surface area contributed by atoms with Crippen molar-refractivity contribution in [1.29, 1.82) is 0 Å². The third-order valence-corrected chi connectivity index (χ3v) is 5.92. The molecule has 3 rings (SSSR count). The first-order chi connectivity index (χ1) is 9.43. The Morgan fingerprint density at radius 3 is 2.29 bits per heavy atom. The highest BCUT2D eigenvalue weighted by Gasteiger charge is 2.62. The van der Waals surface area contributed by atoms with E-state index in [2.05, 4.69) is 46.5 Å². The van der Waals surface area contributed by atoms with Crippen LogP contribution in [0, 0.1) is 17.3 Å². The predicted molar refractivity (Wildman–Crippen MR) is 87.8 cm³/mol. The lowest BCUT2D eigenvalue weighted by molar-refractivity contribution is -0.168. The summed E-state index contributed by atoms with van der Waals surface area (Å²) < 4.78 is 12.4. The Hall–Kier alpha value is -0.453. The normalized spacial score (nSPS) is 38.3. The van der Waals surface area contributed by atoms with Gasteiger partial charge in [-0.3, -0.25) is 4.79 Å². The Kier molecular flexibility index (Phi) is 4.05. The molecule has 4 heteroatoms. The molecule has 21 heavy (non-hydrogen) atoms. The summed E-state index contributed by atoms with van der Waals surface area (Å²) in [5, 5.41) is 0. The Labute approximate surface area is 130 Å². The van der Waals surface area contributed by atoms with E-state index in [4.69, 9.17) is 9.16 Å². The molecule has 0 aliphatic heterocycles. The number of hydrogen-bond acceptors (Lipinski definition) is 3. The number of carbonyl (C=O) groups excluding carboxylic acids is 1. The van der Waals surface area contributed by atoms with Crippen molar-refractivity contribution in [2.45, 2.75) is 65.5 Å². The number of methoxy groups -OCH3 is 1. The molecule has 0 aromatic carbocycles. The Morgan fingerprint density at radius 2 is 1.90 bits per heavy atom. The molecular formula is C17H30O3Si. The first kappa shape index (κ1) is 16.9. The zero-order chi connectivity index (χ0) is 16.2. The van der Waals surface area contributed by atoms with Crippen LogP contribution < -0.4 is 0 Å². The highest BCUT2D eigenvalue weighted by Crippen LogP contribution is 2.58. The number of ketones is 1. The summed E-state index contributed by atoms with van der Waals surface area (Å²) in [5.41, 5.74) is 0.915. The number of carbonyl (C=O) groups is 1. The van der Waals surface area contributed by atoms with Gasteiger partial charge in [0.1, 0.15) is 5.78 Å². The minimum atomic E-state index is -1.79. The van der Waals surface area contributed by atoms with E-state index in [0.29, 0.717) is 5.92 Å². The fourth-order valence-corrected chi connectivity index (χ4v) is 6.28. The molecule has 0 aromatic heterocycles. The van der Waals surface area contributed by atoms with Crippen molar-refractivity contribution in [3.05, 3.63) is 11.6 Å².